The second-order valence-corrected chi connectivity index (χ2v) is 5.95. The van der Waals surface area contributed by atoms with Crippen molar-refractivity contribution in [2.75, 3.05) is 43.1 Å². The minimum Gasteiger partial charge on any atom is -0.368 e. The molecule has 1 aromatic heterocycles. The van der Waals surface area contributed by atoms with E-state index in [9.17, 15) is 0 Å². The van der Waals surface area contributed by atoms with E-state index in [2.05, 4.69) is 37.1 Å². The van der Waals surface area contributed by atoms with Gasteiger partial charge >= 0.3 is 0 Å². The summed E-state index contributed by atoms with van der Waals surface area (Å²) >= 11 is 0. The lowest BCUT2D eigenvalue weighted by Gasteiger charge is -2.35. The number of piperidine rings is 1. The van der Waals surface area contributed by atoms with E-state index in [1.807, 2.05) is 37.4 Å². The highest BCUT2D eigenvalue weighted by Gasteiger charge is 2.23. The van der Waals surface area contributed by atoms with Crippen molar-refractivity contribution in [3.05, 3.63) is 30.3 Å². The van der Waals surface area contributed by atoms with Gasteiger partial charge in [-0.25, -0.2) is 0 Å². The predicted molar refractivity (Wildman–Crippen MR) is 92.9 cm³/mol. The minimum atomic E-state index is 0.230. The van der Waals surface area contributed by atoms with Crippen LogP contribution < -0.4 is 16.0 Å². The van der Waals surface area contributed by atoms with Gasteiger partial charge in [-0.05, 0) is 45.1 Å². The Morgan fingerprint density at radius 1 is 1.13 bits per heavy atom. The largest absolute Gasteiger partial charge is 0.368 e. The third-order valence-corrected chi connectivity index (χ3v) is 4.22. The van der Waals surface area contributed by atoms with Crippen LogP contribution in [0.2, 0.25) is 0 Å². The van der Waals surface area contributed by atoms with Crippen molar-refractivity contribution >= 4 is 23.5 Å². The fraction of sp³-hybridized carbons (Fsp3) is 0.438. The third kappa shape index (κ3) is 3.87. The van der Waals surface area contributed by atoms with E-state index < -0.39 is 0 Å². The van der Waals surface area contributed by atoms with E-state index in [1.54, 1.807) is 0 Å². The Labute approximate surface area is 136 Å². The molecular formula is C16H23N7. The molecule has 1 aliphatic rings. The van der Waals surface area contributed by atoms with E-state index in [1.165, 1.54) is 0 Å². The summed E-state index contributed by atoms with van der Waals surface area (Å²) in [6, 6.07) is 10.2. The van der Waals surface area contributed by atoms with Crippen LogP contribution in [0.1, 0.15) is 12.8 Å². The van der Waals surface area contributed by atoms with E-state index in [0.29, 0.717) is 17.9 Å². The van der Waals surface area contributed by atoms with Gasteiger partial charge in [0.2, 0.25) is 17.8 Å². The minimum absolute atomic E-state index is 0.230. The molecule has 0 radical (unpaired) electrons. The average molecular weight is 313 g/mol. The number of hydrogen-bond donors (Lipinski definition) is 2. The molecule has 1 aliphatic heterocycles. The van der Waals surface area contributed by atoms with Crippen LogP contribution in [0.15, 0.2) is 30.3 Å². The van der Waals surface area contributed by atoms with Crippen LogP contribution >= 0.6 is 0 Å². The zero-order valence-corrected chi connectivity index (χ0v) is 13.6. The molecule has 2 aromatic rings. The van der Waals surface area contributed by atoms with E-state index in [4.69, 9.17) is 5.73 Å². The van der Waals surface area contributed by atoms with Gasteiger partial charge in [0.05, 0.1) is 0 Å². The van der Waals surface area contributed by atoms with Crippen LogP contribution in [0.25, 0.3) is 0 Å². The van der Waals surface area contributed by atoms with Gasteiger partial charge in [-0.15, -0.1) is 0 Å². The maximum Gasteiger partial charge on any atom is 0.233 e. The van der Waals surface area contributed by atoms with Gasteiger partial charge in [-0.3, -0.25) is 0 Å². The number of anilines is 4. The van der Waals surface area contributed by atoms with Crippen LogP contribution in [0, 0.1) is 0 Å². The number of rotatable bonds is 4. The molecule has 0 bridgehead atoms. The van der Waals surface area contributed by atoms with Crippen molar-refractivity contribution in [1.29, 1.82) is 0 Å². The van der Waals surface area contributed by atoms with Gasteiger partial charge in [-0.2, -0.15) is 15.0 Å². The first-order valence-electron chi connectivity index (χ1n) is 7.87. The SMILES string of the molecule is CN1CCC(N(C)c2nc(N)nc(Nc3ccccc3)n2)CC1. The van der Waals surface area contributed by atoms with Crippen LogP contribution in [0.4, 0.5) is 23.5 Å². The summed E-state index contributed by atoms with van der Waals surface area (Å²) in [4.78, 5) is 17.5. The Hall–Kier alpha value is -2.41. The molecule has 3 N–H and O–H groups in total. The number of nitrogens with zero attached hydrogens (tertiary/aromatic N) is 5. The van der Waals surface area contributed by atoms with Gasteiger partial charge in [0.15, 0.2) is 0 Å². The van der Waals surface area contributed by atoms with Crippen LogP contribution in [0.3, 0.4) is 0 Å². The van der Waals surface area contributed by atoms with Crippen molar-refractivity contribution in [2.45, 2.75) is 18.9 Å². The molecule has 0 aliphatic carbocycles. The van der Waals surface area contributed by atoms with Crippen molar-refractivity contribution in [2.24, 2.45) is 0 Å². The first kappa shape index (κ1) is 15.5. The number of benzene rings is 1. The Morgan fingerprint density at radius 3 is 2.52 bits per heavy atom. The standard InChI is InChI=1S/C16H23N7/c1-22-10-8-13(9-11-22)23(2)16-20-14(17)19-15(21-16)18-12-6-4-3-5-7-12/h3-7,13H,8-11H2,1-2H3,(H3,17,18,19,20,21). The highest BCUT2D eigenvalue weighted by molar-refractivity contribution is 5.55. The lowest BCUT2D eigenvalue weighted by atomic mass is 10.0. The number of nitrogens with two attached hydrogens (primary N) is 1. The Morgan fingerprint density at radius 2 is 1.83 bits per heavy atom. The quantitative estimate of drug-likeness (QED) is 0.889. The molecule has 122 valence electrons. The molecule has 2 heterocycles. The maximum absolute atomic E-state index is 5.87. The van der Waals surface area contributed by atoms with Gasteiger partial charge in [0.1, 0.15) is 0 Å². The summed E-state index contributed by atoms with van der Waals surface area (Å²) in [5, 5.41) is 3.17. The first-order chi connectivity index (χ1) is 11.1. The smallest absolute Gasteiger partial charge is 0.233 e. The molecule has 7 heteroatoms. The van der Waals surface area contributed by atoms with Crippen molar-refractivity contribution in [3.63, 3.8) is 0 Å². The van der Waals surface area contributed by atoms with Crippen LogP contribution in [0.5, 0.6) is 0 Å². The first-order valence-corrected chi connectivity index (χ1v) is 7.87. The molecule has 3 rings (SSSR count). The monoisotopic (exact) mass is 313 g/mol. The number of nitrogens with one attached hydrogen (secondary N) is 1. The van der Waals surface area contributed by atoms with Gasteiger partial charge in [-0.1, -0.05) is 18.2 Å². The molecule has 0 amide bonds. The van der Waals surface area contributed by atoms with E-state index in [0.717, 1.165) is 31.6 Å². The lowest BCUT2D eigenvalue weighted by molar-refractivity contribution is 0.252. The van der Waals surface area contributed by atoms with Crippen LogP contribution in [-0.4, -0.2) is 53.1 Å². The van der Waals surface area contributed by atoms with Crippen molar-refractivity contribution in [3.8, 4) is 0 Å². The average Bonchev–Trinajstić information content (AvgIpc) is 2.55. The van der Waals surface area contributed by atoms with E-state index in [-0.39, 0.29) is 5.95 Å². The second-order valence-electron chi connectivity index (χ2n) is 5.95. The van der Waals surface area contributed by atoms with Crippen molar-refractivity contribution < 1.29 is 0 Å². The zero-order valence-electron chi connectivity index (χ0n) is 13.6. The topological polar surface area (TPSA) is 83.2 Å². The summed E-state index contributed by atoms with van der Waals surface area (Å²) in [5.74, 6) is 1.32. The summed E-state index contributed by atoms with van der Waals surface area (Å²) in [6.45, 7) is 2.18. The normalized spacial score (nSPS) is 16.3. The fourth-order valence-electron chi connectivity index (χ4n) is 2.79. The molecule has 0 saturated carbocycles. The van der Waals surface area contributed by atoms with Crippen LogP contribution in [-0.2, 0) is 0 Å². The molecule has 1 saturated heterocycles. The summed E-state index contributed by atoms with van der Waals surface area (Å²) in [7, 11) is 4.18. The molecule has 0 unspecified atom stereocenters. The molecule has 1 aromatic carbocycles. The Kier molecular flexibility index (Phi) is 4.57. The molecule has 7 nitrogen and oxygen atoms in total. The maximum atomic E-state index is 5.87. The zero-order chi connectivity index (χ0) is 16.2. The number of nitrogen functional groups attached to an aromatic ring is 1. The van der Waals surface area contributed by atoms with E-state index >= 15 is 0 Å². The number of para-hydroxylation sites is 1. The molecule has 23 heavy (non-hydrogen) atoms. The molecule has 0 atom stereocenters. The molecule has 1 fully saturated rings. The second kappa shape index (κ2) is 6.78. The summed E-state index contributed by atoms with van der Waals surface area (Å²) in [6.07, 6.45) is 2.19. The summed E-state index contributed by atoms with van der Waals surface area (Å²) in [5.41, 5.74) is 6.79. The number of likely N-dealkylation sites (tertiary alicyclic amines) is 1. The number of hydrogen-bond acceptors (Lipinski definition) is 7. The Balaban J connectivity index is 1.77. The molecule has 0 spiro atoms. The highest BCUT2D eigenvalue weighted by Crippen LogP contribution is 2.21. The Bertz CT molecular complexity index is 638. The fourth-order valence-corrected chi connectivity index (χ4v) is 2.79. The lowest BCUT2D eigenvalue weighted by Crippen LogP contribution is -2.42. The van der Waals surface area contributed by atoms with Crippen molar-refractivity contribution in [1.82, 2.24) is 19.9 Å². The predicted octanol–water partition coefficient (Wildman–Crippen LogP) is 1.73. The summed E-state index contributed by atoms with van der Waals surface area (Å²) < 4.78 is 0. The highest BCUT2D eigenvalue weighted by atomic mass is 15.3. The van der Waals surface area contributed by atoms with Gasteiger partial charge < -0.3 is 20.9 Å². The van der Waals surface area contributed by atoms with Gasteiger partial charge in [0.25, 0.3) is 0 Å². The number of aromatic nitrogens is 3. The molecular weight excluding hydrogens is 290 g/mol. The third-order valence-electron chi connectivity index (χ3n) is 4.22. The van der Waals surface area contributed by atoms with Gasteiger partial charge in [0, 0.05) is 18.8 Å².